The summed E-state index contributed by atoms with van der Waals surface area (Å²) in [6, 6.07) is 0. The van der Waals surface area contributed by atoms with Crippen molar-refractivity contribution in [3.63, 3.8) is 0 Å². The monoisotopic (exact) mass is 294 g/mol. The molecule has 0 radical (unpaired) electrons. The van der Waals surface area contributed by atoms with E-state index < -0.39 is 11.4 Å². The van der Waals surface area contributed by atoms with Crippen LogP contribution in [-0.4, -0.2) is 28.6 Å². The van der Waals surface area contributed by atoms with Crippen molar-refractivity contribution in [1.29, 1.82) is 0 Å². The molecular formula is C17H26O4. The second kappa shape index (κ2) is 5.71. The second-order valence-corrected chi connectivity index (χ2v) is 7.24. The molecule has 2 atom stereocenters. The van der Waals surface area contributed by atoms with Crippen molar-refractivity contribution < 1.29 is 19.4 Å². The molecule has 4 nitrogen and oxygen atoms in total. The standard InChI is InChI=1S/C17H26O4/c18-14-6-2-5-10-17(14,15(19)20)12-13-7-11-16(21-13)8-3-1-4-9-16/h13H,1-12H2,(H,19,20). The Morgan fingerprint density at radius 3 is 2.48 bits per heavy atom. The molecule has 0 amide bonds. The Morgan fingerprint density at radius 1 is 1.10 bits per heavy atom. The molecule has 2 aliphatic carbocycles. The number of ketones is 1. The molecule has 1 aliphatic heterocycles. The lowest BCUT2D eigenvalue weighted by molar-refractivity contribution is -0.162. The number of carboxylic acid groups (broad SMARTS) is 1. The van der Waals surface area contributed by atoms with E-state index in [-0.39, 0.29) is 17.5 Å². The topological polar surface area (TPSA) is 63.6 Å². The lowest BCUT2D eigenvalue weighted by atomic mass is 9.69. The van der Waals surface area contributed by atoms with E-state index in [0.29, 0.717) is 19.3 Å². The average molecular weight is 294 g/mol. The highest BCUT2D eigenvalue weighted by atomic mass is 16.5. The molecule has 118 valence electrons. The molecule has 1 heterocycles. The molecule has 3 fully saturated rings. The maximum atomic E-state index is 12.3. The predicted octanol–water partition coefficient (Wildman–Crippen LogP) is 3.47. The molecule has 1 N–H and O–H groups in total. The van der Waals surface area contributed by atoms with Gasteiger partial charge in [-0.2, -0.15) is 0 Å². The molecule has 3 aliphatic rings. The van der Waals surface area contributed by atoms with Gasteiger partial charge in [0.15, 0.2) is 0 Å². The van der Waals surface area contributed by atoms with Crippen molar-refractivity contribution in [2.24, 2.45) is 5.41 Å². The fraction of sp³-hybridized carbons (Fsp3) is 0.882. The van der Waals surface area contributed by atoms with Gasteiger partial charge in [-0.05, 0) is 44.9 Å². The van der Waals surface area contributed by atoms with E-state index in [1.54, 1.807) is 0 Å². The number of carbonyl (C=O) groups excluding carboxylic acids is 1. The Labute approximate surface area is 126 Å². The van der Waals surface area contributed by atoms with Crippen LogP contribution in [0.4, 0.5) is 0 Å². The third-order valence-corrected chi connectivity index (χ3v) is 5.88. The fourth-order valence-electron chi connectivity index (χ4n) is 4.61. The van der Waals surface area contributed by atoms with Gasteiger partial charge < -0.3 is 9.84 Å². The first kappa shape index (κ1) is 15.0. The summed E-state index contributed by atoms with van der Waals surface area (Å²) >= 11 is 0. The maximum absolute atomic E-state index is 12.3. The van der Waals surface area contributed by atoms with Crippen LogP contribution in [0.5, 0.6) is 0 Å². The smallest absolute Gasteiger partial charge is 0.317 e. The molecule has 3 rings (SSSR count). The minimum absolute atomic E-state index is 0.000322. The first-order valence-corrected chi connectivity index (χ1v) is 8.51. The highest BCUT2D eigenvalue weighted by Gasteiger charge is 2.51. The Kier molecular flexibility index (Phi) is 4.08. The molecule has 1 saturated heterocycles. The van der Waals surface area contributed by atoms with Crippen LogP contribution in [0.2, 0.25) is 0 Å². The predicted molar refractivity (Wildman–Crippen MR) is 78.1 cm³/mol. The quantitative estimate of drug-likeness (QED) is 0.809. The van der Waals surface area contributed by atoms with Gasteiger partial charge in [0.1, 0.15) is 11.2 Å². The van der Waals surface area contributed by atoms with Crippen LogP contribution in [0, 0.1) is 5.41 Å². The van der Waals surface area contributed by atoms with E-state index in [9.17, 15) is 14.7 Å². The number of rotatable bonds is 3. The number of Topliss-reactive ketones (excluding diaryl/α,β-unsaturated/α-hetero) is 1. The van der Waals surface area contributed by atoms with Gasteiger partial charge in [-0.1, -0.05) is 25.7 Å². The van der Waals surface area contributed by atoms with Crippen LogP contribution in [-0.2, 0) is 14.3 Å². The van der Waals surface area contributed by atoms with Crippen LogP contribution in [0.25, 0.3) is 0 Å². The third-order valence-electron chi connectivity index (χ3n) is 5.88. The molecule has 0 bridgehead atoms. The minimum atomic E-state index is -1.16. The van der Waals surface area contributed by atoms with E-state index in [1.807, 2.05) is 0 Å². The minimum Gasteiger partial charge on any atom is -0.480 e. The summed E-state index contributed by atoms with van der Waals surface area (Å²) in [5.74, 6) is -1.00. The van der Waals surface area contributed by atoms with Crippen molar-refractivity contribution >= 4 is 11.8 Å². The van der Waals surface area contributed by atoms with E-state index >= 15 is 0 Å². The molecule has 2 saturated carbocycles. The van der Waals surface area contributed by atoms with E-state index in [0.717, 1.165) is 38.5 Å². The Hall–Kier alpha value is -0.900. The van der Waals surface area contributed by atoms with Crippen molar-refractivity contribution in [1.82, 2.24) is 0 Å². The van der Waals surface area contributed by atoms with Gasteiger partial charge >= 0.3 is 5.97 Å². The molecule has 4 heteroatoms. The van der Waals surface area contributed by atoms with Crippen LogP contribution in [0.15, 0.2) is 0 Å². The van der Waals surface area contributed by atoms with Gasteiger partial charge in [0.2, 0.25) is 0 Å². The average Bonchev–Trinajstić information content (AvgIpc) is 2.84. The first-order chi connectivity index (χ1) is 10.1. The third kappa shape index (κ3) is 2.75. The SMILES string of the molecule is O=C(O)C1(CC2CCC3(CCCCC3)O2)CCCCC1=O. The summed E-state index contributed by atoms with van der Waals surface area (Å²) in [5, 5.41) is 9.64. The molecule has 1 spiro atoms. The molecular weight excluding hydrogens is 268 g/mol. The lowest BCUT2D eigenvalue weighted by Crippen LogP contribution is -2.44. The Bertz CT molecular complexity index is 425. The number of carbonyl (C=O) groups is 2. The van der Waals surface area contributed by atoms with E-state index in [2.05, 4.69) is 0 Å². The van der Waals surface area contributed by atoms with Gasteiger partial charge in [0, 0.05) is 6.42 Å². The molecule has 2 unspecified atom stereocenters. The van der Waals surface area contributed by atoms with Crippen molar-refractivity contribution in [3.05, 3.63) is 0 Å². The van der Waals surface area contributed by atoms with Gasteiger partial charge in [0.05, 0.1) is 11.7 Å². The molecule has 0 aromatic carbocycles. The summed E-state index contributed by atoms with van der Waals surface area (Å²) in [5.41, 5.74) is -1.16. The Balaban J connectivity index is 1.70. The van der Waals surface area contributed by atoms with Gasteiger partial charge in [-0.25, -0.2) is 0 Å². The van der Waals surface area contributed by atoms with E-state index in [4.69, 9.17) is 4.74 Å². The van der Waals surface area contributed by atoms with Crippen molar-refractivity contribution in [2.45, 2.75) is 88.8 Å². The highest BCUT2D eigenvalue weighted by Crippen LogP contribution is 2.46. The summed E-state index contributed by atoms with van der Waals surface area (Å²) in [6.45, 7) is 0. The summed E-state index contributed by atoms with van der Waals surface area (Å²) in [4.78, 5) is 24.0. The van der Waals surface area contributed by atoms with Crippen LogP contribution in [0.3, 0.4) is 0 Å². The van der Waals surface area contributed by atoms with Gasteiger partial charge in [-0.3, -0.25) is 9.59 Å². The number of carboxylic acids is 1. The van der Waals surface area contributed by atoms with Crippen LogP contribution >= 0.6 is 0 Å². The summed E-state index contributed by atoms with van der Waals surface area (Å²) in [7, 11) is 0. The first-order valence-electron chi connectivity index (χ1n) is 8.51. The van der Waals surface area contributed by atoms with Crippen LogP contribution < -0.4 is 0 Å². The normalized spacial score (nSPS) is 36.0. The lowest BCUT2D eigenvalue weighted by Gasteiger charge is -2.36. The molecule has 0 aromatic rings. The number of hydrogen-bond acceptors (Lipinski definition) is 3. The number of aliphatic carboxylic acids is 1. The maximum Gasteiger partial charge on any atom is 0.317 e. The van der Waals surface area contributed by atoms with Crippen molar-refractivity contribution in [2.75, 3.05) is 0 Å². The van der Waals surface area contributed by atoms with Gasteiger partial charge in [-0.15, -0.1) is 0 Å². The largest absolute Gasteiger partial charge is 0.480 e. The van der Waals surface area contributed by atoms with Crippen LogP contribution in [0.1, 0.15) is 77.0 Å². The van der Waals surface area contributed by atoms with Crippen molar-refractivity contribution in [3.8, 4) is 0 Å². The molecule has 21 heavy (non-hydrogen) atoms. The highest BCUT2D eigenvalue weighted by molar-refractivity contribution is 6.03. The number of hydrogen-bond donors (Lipinski definition) is 1. The summed E-state index contributed by atoms with van der Waals surface area (Å²) < 4.78 is 6.30. The zero-order chi connectivity index (χ0) is 14.9. The molecule has 0 aromatic heterocycles. The Morgan fingerprint density at radius 2 is 1.81 bits per heavy atom. The summed E-state index contributed by atoms with van der Waals surface area (Å²) in [6.07, 6.45) is 10.8. The van der Waals surface area contributed by atoms with E-state index in [1.165, 1.54) is 19.3 Å². The van der Waals surface area contributed by atoms with Gasteiger partial charge in [0.25, 0.3) is 0 Å². The number of ether oxygens (including phenoxy) is 1. The second-order valence-electron chi connectivity index (χ2n) is 7.24. The zero-order valence-electron chi connectivity index (χ0n) is 12.7. The zero-order valence-corrected chi connectivity index (χ0v) is 12.7. The fourth-order valence-corrected chi connectivity index (χ4v) is 4.61.